The number of hydrogen-bond acceptors (Lipinski definition) is 4. The number of anilines is 1. The number of ether oxygens (including phenoxy) is 1. The summed E-state index contributed by atoms with van der Waals surface area (Å²) >= 11 is 0. The van der Waals surface area contributed by atoms with Gasteiger partial charge in [-0.15, -0.1) is 0 Å². The second-order valence-corrected chi connectivity index (χ2v) is 6.35. The third kappa shape index (κ3) is 2.71. The van der Waals surface area contributed by atoms with Crippen LogP contribution in [0.25, 0.3) is 0 Å². The second-order valence-electron chi connectivity index (χ2n) is 6.35. The number of amides is 1. The van der Waals surface area contributed by atoms with Gasteiger partial charge in [-0.05, 0) is 42.2 Å². The lowest BCUT2D eigenvalue weighted by molar-refractivity contribution is -0.114. The first-order valence-electron chi connectivity index (χ1n) is 8.39. The van der Waals surface area contributed by atoms with Gasteiger partial charge in [-0.3, -0.25) is 4.79 Å². The highest BCUT2D eigenvalue weighted by molar-refractivity contribution is 5.95. The second kappa shape index (κ2) is 6.16. The zero-order valence-corrected chi connectivity index (χ0v) is 14.1. The molecule has 1 radical (unpaired) electrons. The number of aryl methyl sites for hydroxylation is 1. The Hall–Kier alpha value is -2.95. The van der Waals surface area contributed by atoms with Crippen LogP contribution in [0, 0.1) is 6.07 Å². The van der Waals surface area contributed by atoms with Crippen molar-refractivity contribution in [2.75, 3.05) is 12.4 Å². The average molecular weight is 334 g/mol. The monoisotopic (exact) mass is 334 g/mol. The summed E-state index contributed by atoms with van der Waals surface area (Å²) < 4.78 is 5.53. The van der Waals surface area contributed by atoms with E-state index in [1.807, 2.05) is 30.3 Å². The van der Waals surface area contributed by atoms with E-state index in [1.165, 1.54) is 5.56 Å². The fourth-order valence-electron chi connectivity index (χ4n) is 3.69. The molecule has 0 saturated carbocycles. The topological polar surface area (TPSA) is 76.4 Å². The van der Waals surface area contributed by atoms with E-state index in [9.17, 15) is 4.79 Å². The molecule has 0 fully saturated rings. The van der Waals surface area contributed by atoms with Crippen molar-refractivity contribution < 1.29 is 9.53 Å². The van der Waals surface area contributed by atoms with Crippen molar-refractivity contribution in [1.82, 2.24) is 5.32 Å². The molecule has 1 atom stereocenters. The summed E-state index contributed by atoms with van der Waals surface area (Å²) in [7, 11) is 1.68. The van der Waals surface area contributed by atoms with Crippen LogP contribution in [0.15, 0.2) is 47.8 Å². The summed E-state index contributed by atoms with van der Waals surface area (Å²) in [4.78, 5) is 12.0. The zero-order valence-electron chi connectivity index (χ0n) is 14.1. The van der Waals surface area contributed by atoms with Crippen molar-refractivity contribution in [2.24, 2.45) is 5.73 Å². The minimum absolute atomic E-state index is 0.0808. The number of nitrogens with one attached hydrogen (secondary N) is 2. The highest BCUT2D eigenvalue weighted by Crippen LogP contribution is 2.39. The van der Waals surface area contributed by atoms with Gasteiger partial charge in [0.1, 0.15) is 11.6 Å². The summed E-state index contributed by atoms with van der Waals surface area (Å²) in [5.41, 5.74) is 10.5. The van der Waals surface area contributed by atoms with Crippen LogP contribution in [0.2, 0.25) is 0 Å². The summed E-state index contributed by atoms with van der Waals surface area (Å²) in [6.45, 7) is 0. The molecule has 2 aromatic rings. The maximum absolute atomic E-state index is 12.0. The van der Waals surface area contributed by atoms with E-state index in [0.717, 1.165) is 35.4 Å². The Kier molecular flexibility index (Phi) is 3.84. The van der Waals surface area contributed by atoms with Crippen LogP contribution in [-0.2, 0) is 17.6 Å². The molecule has 0 bridgehead atoms. The van der Waals surface area contributed by atoms with Gasteiger partial charge < -0.3 is 21.1 Å². The van der Waals surface area contributed by atoms with Crippen molar-refractivity contribution >= 4 is 11.6 Å². The normalized spacial score (nSPS) is 18.2. The van der Waals surface area contributed by atoms with E-state index in [0.29, 0.717) is 17.8 Å². The molecule has 1 aliphatic carbocycles. The van der Waals surface area contributed by atoms with Gasteiger partial charge in [0, 0.05) is 17.7 Å². The first kappa shape index (κ1) is 15.6. The maximum atomic E-state index is 12.0. The lowest BCUT2D eigenvalue weighted by Gasteiger charge is -2.27. The molecule has 0 spiro atoms. The molecule has 1 aliphatic heterocycles. The van der Waals surface area contributed by atoms with Crippen molar-refractivity contribution in [3.63, 3.8) is 0 Å². The Bertz CT molecular complexity index is 873. The average Bonchev–Trinajstić information content (AvgIpc) is 3.04. The zero-order chi connectivity index (χ0) is 17.4. The van der Waals surface area contributed by atoms with Crippen molar-refractivity contribution in [3.8, 4) is 5.75 Å². The van der Waals surface area contributed by atoms with E-state index in [2.05, 4.69) is 22.8 Å². The number of nitrogens with two attached hydrogens (primary N) is 1. The molecule has 4 rings (SSSR count). The fraction of sp³-hybridized carbons (Fsp3) is 0.250. The lowest BCUT2D eigenvalue weighted by atomic mass is 9.98. The Labute approximate surface area is 146 Å². The molecule has 0 saturated heterocycles. The number of rotatable bonds is 4. The molecule has 2 aromatic carbocycles. The van der Waals surface area contributed by atoms with E-state index >= 15 is 0 Å². The predicted octanol–water partition coefficient (Wildman–Crippen LogP) is 2.44. The summed E-state index contributed by atoms with van der Waals surface area (Å²) in [5.74, 6) is 1.14. The van der Waals surface area contributed by atoms with Gasteiger partial charge in [0.25, 0.3) is 0 Å². The largest absolute Gasteiger partial charge is 0.496 e. The Balaban J connectivity index is 1.68. The third-order valence-corrected chi connectivity index (χ3v) is 4.90. The van der Waals surface area contributed by atoms with Crippen LogP contribution in [0.3, 0.4) is 0 Å². The lowest BCUT2D eigenvalue weighted by Crippen LogP contribution is -2.32. The molecular weight excluding hydrogens is 314 g/mol. The van der Waals surface area contributed by atoms with E-state index in [4.69, 9.17) is 10.5 Å². The molecule has 5 heteroatoms. The standard InChI is InChI=1S/C20H20N3O2/c1-25-17-8-4-6-12-9-10-16(18(12)17)23-20-14(19(21)24)11-13-5-2-3-7-15(13)22-20/h2-4,6-8,16,22-23H,9-11H2,1H3,(H2,21,24). The highest BCUT2D eigenvalue weighted by atomic mass is 16.5. The maximum Gasteiger partial charge on any atom is 0.248 e. The van der Waals surface area contributed by atoms with E-state index < -0.39 is 5.91 Å². The van der Waals surface area contributed by atoms with Gasteiger partial charge in [0.15, 0.2) is 0 Å². The predicted molar refractivity (Wildman–Crippen MR) is 96.0 cm³/mol. The Morgan fingerprint density at radius 3 is 3.04 bits per heavy atom. The molecule has 1 unspecified atom stereocenters. The van der Waals surface area contributed by atoms with Crippen LogP contribution < -0.4 is 21.1 Å². The SMILES string of the molecule is COc1cccc2c1C(NC1=C(C(N)=O)Cc3[c]cccc3N1)CC2. The Morgan fingerprint density at radius 2 is 2.24 bits per heavy atom. The van der Waals surface area contributed by atoms with Gasteiger partial charge in [0.2, 0.25) is 5.91 Å². The molecule has 5 nitrogen and oxygen atoms in total. The summed E-state index contributed by atoms with van der Waals surface area (Å²) in [6.07, 6.45) is 2.40. The molecule has 127 valence electrons. The van der Waals surface area contributed by atoms with Gasteiger partial charge in [0.05, 0.1) is 18.7 Å². The van der Waals surface area contributed by atoms with Gasteiger partial charge >= 0.3 is 0 Å². The number of carbonyl (C=O) groups is 1. The first-order chi connectivity index (χ1) is 12.2. The molecule has 25 heavy (non-hydrogen) atoms. The van der Waals surface area contributed by atoms with Crippen LogP contribution in [-0.4, -0.2) is 13.0 Å². The molecular formula is C20H20N3O2. The smallest absolute Gasteiger partial charge is 0.248 e. The Morgan fingerprint density at radius 1 is 1.36 bits per heavy atom. The van der Waals surface area contributed by atoms with Crippen molar-refractivity contribution in [1.29, 1.82) is 0 Å². The summed E-state index contributed by atoms with van der Waals surface area (Å²) in [6, 6.07) is 15.1. The van der Waals surface area contributed by atoms with Gasteiger partial charge in [-0.2, -0.15) is 0 Å². The van der Waals surface area contributed by atoms with Gasteiger partial charge in [-0.1, -0.05) is 24.3 Å². The van der Waals surface area contributed by atoms with E-state index in [-0.39, 0.29) is 6.04 Å². The number of benzene rings is 2. The molecule has 4 N–H and O–H groups in total. The number of methoxy groups -OCH3 is 1. The quantitative estimate of drug-likeness (QED) is 0.803. The molecule has 0 aromatic heterocycles. The molecule has 2 aliphatic rings. The number of carbonyl (C=O) groups excluding carboxylic acids is 1. The van der Waals surface area contributed by atoms with Crippen LogP contribution in [0.1, 0.15) is 29.2 Å². The van der Waals surface area contributed by atoms with Gasteiger partial charge in [-0.25, -0.2) is 0 Å². The number of hydrogen-bond donors (Lipinski definition) is 3. The number of primary amides is 1. The minimum Gasteiger partial charge on any atom is -0.496 e. The first-order valence-corrected chi connectivity index (χ1v) is 8.39. The fourth-order valence-corrected chi connectivity index (χ4v) is 3.69. The van der Waals surface area contributed by atoms with Crippen molar-refractivity contribution in [2.45, 2.75) is 25.3 Å². The molecule has 1 amide bonds. The van der Waals surface area contributed by atoms with Crippen LogP contribution >= 0.6 is 0 Å². The minimum atomic E-state index is -0.420. The van der Waals surface area contributed by atoms with Crippen LogP contribution in [0.5, 0.6) is 5.75 Å². The molecule has 1 heterocycles. The van der Waals surface area contributed by atoms with E-state index in [1.54, 1.807) is 7.11 Å². The number of fused-ring (bicyclic) bond motifs is 2. The van der Waals surface area contributed by atoms with Crippen LogP contribution in [0.4, 0.5) is 5.69 Å². The van der Waals surface area contributed by atoms with Crippen molar-refractivity contribution in [3.05, 3.63) is 70.5 Å². The highest BCUT2D eigenvalue weighted by Gasteiger charge is 2.29. The summed E-state index contributed by atoms with van der Waals surface area (Å²) in [5, 5.41) is 6.81. The third-order valence-electron chi connectivity index (χ3n) is 4.90.